The number of benzene rings is 1. The highest BCUT2D eigenvalue weighted by molar-refractivity contribution is 9.10. The Bertz CT molecular complexity index is 614. The highest BCUT2D eigenvalue weighted by Gasteiger charge is 2.33. The Hall–Kier alpha value is -1.27. The van der Waals surface area contributed by atoms with E-state index in [2.05, 4.69) is 33.2 Å². The largest absolute Gasteiger partial charge is 0.324 e. The third-order valence-electron chi connectivity index (χ3n) is 3.61. The number of aromatic nitrogens is 2. The molecule has 21 heavy (non-hydrogen) atoms. The molecule has 2 unspecified atom stereocenters. The Labute approximate surface area is 136 Å². The molecule has 4 nitrogen and oxygen atoms in total. The van der Waals surface area contributed by atoms with Gasteiger partial charge in [-0.2, -0.15) is 5.10 Å². The number of nitrogens with zero attached hydrogens (tertiary/aromatic N) is 3. The van der Waals surface area contributed by atoms with Crippen LogP contribution in [-0.2, 0) is 4.79 Å². The van der Waals surface area contributed by atoms with E-state index >= 15 is 0 Å². The van der Waals surface area contributed by atoms with Crippen LogP contribution in [0.15, 0.2) is 47.2 Å². The van der Waals surface area contributed by atoms with Crippen molar-refractivity contribution in [2.75, 3.05) is 12.3 Å². The lowest BCUT2D eigenvalue weighted by Crippen LogP contribution is -2.36. The van der Waals surface area contributed by atoms with Crippen LogP contribution in [0.1, 0.15) is 23.9 Å². The molecule has 1 aromatic carbocycles. The Morgan fingerprint density at radius 1 is 1.43 bits per heavy atom. The van der Waals surface area contributed by atoms with Crippen molar-refractivity contribution in [2.24, 2.45) is 0 Å². The molecule has 0 N–H and O–H groups in total. The van der Waals surface area contributed by atoms with E-state index in [0.717, 1.165) is 16.8 Å². The first-order valence-corrected chi connectivity index (χ1v) is 8.67. The Kier molecular flexibility index (Phi) is 4.35. The number of rotatable bonds is 3. The van der Waals surface area contributed by atoms with Crippen molar-refractivity contribution in [1.29, 1.82) is 0 Å². The lowest BCUT2D eigenvalue weighted by molar-refractivity contribution is -0.134. The fourth-order valence-corrected chi connectivity index (χ4v) is 3.99. The van der Waals surface area contributed by atoms with Gasteiger partial charge in [0.2, 0.25) is 5.91 Å². The molecule has 0 spiro atoms. The molecule has 0 saturated carbocycles. The zero-order chi connectivity index (χ0) is 14.8. The van der Waals surface area contributed by atoms with Crippen molar-refractivity contribution in [3.63, 3.8) is 0 Å². The van der Waals surface area contributed by atoms with Crippen LogP contribution in [0.5, 0.6) is 0 Å². The molecule has 0 aliphatic carbocycles. The van der Waals surface area contributed by atoms with E-state index in [1.807, 2.05) is 48.0 Å². The third kappa shape index (κ3) is 3.01. The first-order chi connectivity index (χ1) is 10.2. The van der Waals surface area contributed by atoms with Crippen LogP contribution in [0, 0.1) is 0 Å². The lowest BCUT2D eigenvalue weighted by Gasteiger charge is -2.27. The molecule has 2 atom stereocenters. The minimum Gasteiger partial charge on any atom is -0.324 e. The molecule has 2 heterocycles. The number of hydrogen-bond acceptors (Lipinski definition) is 3. The molecule has 1 saturated heterocycles. The van der Waals surface area contributed by atoms with E-state index < -0.39 is 0 Å². The fraction of sp³-hybridized carbons (Fsp3) is 0.333. The molecule has 0 bridgehead atoms. The van der Waals surface area contributed by atoms with Crippen molar-refractivity contribution in [3.8, 4) is 0 Å². The van der Waals surface area contributed by atoms with Crippen LogP contribution in [-0.4, -0.2) is 32.9 Å². The number of thioether (sulfide) groups is 1. The van der Waals surface area contributed by atoms with Gasteiger partial charge in [-0.1, -0.05) is 28.1 Å². The van der Waals surface area contributed by atoms with Gasteiger partial charge in [-0.05, 0) is 30.7 Å². The summed E-state index contributed by atoms with van der Waals surface area (Å²) in [6, 6.07) is 9.77. The van der Waals surface area contributed by atoms with Gasteiger partial charge in [0, 0.05) is 29.2 Å². The van der Waals surface area contributed by atoms with Gasteiger partial charge < -0.3 is 4.90 Å². The maximum atomic E-state index is 12.7. The summed E-state index contributed by atoms with van der Waals surface area (Å²) in [5.74, 6) is 1.09. The molecule has 1 fully saturated rings. The van der Waals surface area contributed by atoms with E-state index in [4.69, 9.17) is 0 Å². The van der Waals surface area contributed by atoms with Crippen LogP contribution >= 0.6 is 27.7 Å². The first-order valence-electron chi connectivity index (χ1n) is 6.83. The SMILES string of the molecule is CC(C(=O)N1CCSC1c1ccc(Br)cc1)n1cccn1. The summed E-state index contributed by atoms with van der Waals surface area (Å²) in [6.07, 6.45) is 3.54. The van der Waals surface area contributed by atoms with Crippen LogP contribution in [0.3, 0.4) is 0 Å². The summed E-state index contributed by atoms with van der Waals surface area (Å²) in [4.78, 5) is 14.7. The quantitative estimate of drug-likeness (QED) is 0.835. The standard InChI is InChI=1S/C15H16BrN3OS/c1-11(19-8-2-7-17-19)14(20)18-9-10-21-15(18)12-3-5-13(16)6-4-12/h2-8,11,15H,9-10H2,1H3. The Morgan fingerprint density at radius 2 is 2.19 bits per heavy atom. The van der Waals surface area contributed by atoms with Gasteiger partial charge in [0.1, 0.15) is 11.4 Å². The molecule has 2 aromatic rings. The van der Waals surface area contributed by atoms with E-state index in [0.29, 0.717) is 0 Å². The number of carbonyl (C=O) groups is 1. The van der Waals surface area contributed by atoms with Gasteiger partial charge in [0.15, 0.2) is 0 Å². The molecule has 110 valence electrons. The number of carbonyl (C=O) groups excluding carboxylic acids is 1. The van der Waals surface area contributed by atoms with Gasteiger partial charge in [0.25, 0.3) is 0 Å². The van der Waals surface area contributed by atoms with Crippen LogP contribution in [0.2, 0.25) is 0 Å². The molecule has 1 aromatic heterocycles. The Balaban J connectivity index is 1.80. The lowest BCUT2D eigenvalue weighted by atomic mass is 10.2. The summed E-state index contributed by atoms with van der Waals surface area (Å²) < 4.78 is 2.77. The normalized spacial score (nSPS) is 19.7. The summed E-state index contributed by atoms with van der Waals surface area (Å²) >= 11 is 5.26. The predicted octanol–water partition coefficient (Wildman–Crippen LogP) is 3.48. The molecule has 1 aliphatic heterocycles. The van der Waals surface area contributed by atoms with Crippen molar-refractivity contribution < 1.29 is 4.79 Å². The van der Waals surface area contributed by atoms with E-state index in [-0.39, 0.29) is 17.3 Å². The molecule has 1 aliphatic rings. The maximum Gasteiger partial charge on any atom is 0.248 e. The summed E-state index contributed by atoms with van der Waals surface area (Å²) in [6.45, 7) is 2.69. The van der Waals surface area contributed by atoms with Crippen molar-refractivity contribution in [1.82, 2.24) is 14.7 Å². The summed E-state index contributed by atoms with van der Waals surface area (Å²) in [5.41, 5.74) is 1.17. The molecule has 3 rings (SSSR count). The maximum absolute atomic E-state index is 12.7. The highest BCUT2D eigenvalue weighted by Crippen LogP contribution is 2.39. The van der Waals surface area contributed by atoms with Crippen molar-refractivity contribution in [2.45, 2.75) is 18.3 Å². The van der Waals surface area contributed by atoms with Crippen molar-refractivity contribution >= 4 is 33.6 Å². The van der Waals surface area contributed by atoms with Gasteiger partial charge in [-0.15, -0.1) is 11.8 Å². The Morgan fingerprint density at radius 3 is 2.86 bits per heavy atom. The minimum absolute atomic E-state index is 0.101. The smallest absolute Gasteiger partial charge is 0.248 e. The molecular weight excluding hydrogens is 350 g/mol. The predicted molar refractivity (Wildman–Crippen MR) is 88.0 cm³/mol. The van der Waals surface area contributed by atoms with E-state index in [9.17, 15) is 4.79 Å². The zero-order valence-electron chi connectivity index (χ0n) is 11.6. The number of amides is 1. The average Bonchev–Trinajstić information content (AvgIpc) is 3.17. The highest BCUT2D eigenvalue weighted by atomic mass is 79.9. The number of halogens is 1. The fourth-order valence-electron chi connectivity index (χ4n) is 2.46. The van der Waals surface area contributed by atoms with Gasteiger partial charge in [-0.25, -0.2) is 0 Å². The van der Waals surface area contributed by atoms with Gasteiger partial charge >= 0.3 is 0 Å². The average molecular weight is 366 g/mol. The van der Waals surface area contributed by atoms with Crippen LogP contribution < -0.4 is 0 Å². The molecule has 0 radical (unpaired) electrons. The minimum atomic E-state index is -0.267. The third-order valence-corrected chi connectivity index (χ3v) is 5.40. The van der Waals surface area contributed by atoms with Crippen LogP contribution in [0.25, 0.3) is 0 Å². The van der Waals surface area contributed by atoms with E-state index in [1.54, 1.807) is 10.9 Å². The van der Waals surface area contributed by atoms with Crippen molar-refractivity contribution in [3.05, 3.63) is 52.8 Å². The molecule has 1 amide bonds. The topological polar surface area (TPSA) is 38.1 Å². The number of hydrogen-bond donors (Lipinski definition) is 0. The molecule has 6 heteroatoms. The van der Waals surface area contributed by atoms with Gasteiger partial charge in [-0.3, -0.25) is 9.48 Å². The second-order valence-electron chi connectivity index (χ2n) is 4.97. The summed E-state index contributed by atoms with van der Waals surface area (Å²) in [5, 5.41) is 4.27. The first kappa shape index (κ1) is 14.7. The second kappa shape index (κ2) is 6.23. The van der Waals surface area contributed by atoms with E-state index in [1.165, 1.54) is 5.56 Å². The zero-order valence-corrected chi connectivity index (χ0v) is 14.0. The second-order valence-corrected chi connectivity index (χ2v) is 7.07. The monoisotopic (exact) mass is 365 g/mol. The summed E-state index contributed by atoms with van der Waals surface area (Å²) in [7, 11) is 0. The van der Waals surface area contributed by atoms with Crippen LogP contribution in [0.4, 0.5) is 0 Å². The molecular formula is C15H16BrN3OS. The van der Waals surface area contributed by atoms with Gasteiger partial charge in [0.05, 0.1) is 0 Å².